The Morgan fingerprint density at radius 3 is 2.46 bits per heavy atom. The first-order valence-corrected chi connectivity index (χ1v) is 10.1. The molecule has 4 aliphatic heterocycles. The molecule has 2 atom stereocenters. The SMILES string of the molecule is CN1C(=O)[C@H]2CC[C@@H]1CN(C(=O)c1cccc(N3Cc4ccccc4C3)c1)C2. The summed E-state index contributed by atoms with van der Waals surface area (Å²) in [5, 5.41) is 0. The van der Waals surface area contributed by atoms with Crippen LogP contribution in [0.1, 0.15) is 34.3 Å². The molecule has 3 fully saturated rings. The van der Waals surface area contributed by atoms with E-state index in [1.54, 1.807) is 0 Å². The number of rotatable bonds is 2. The molecule has 0 aliphatic carbocycles. The van der Waals surface area contributed by atoms with Gasteiger partial charge in [0, 0.05) is 50.5 Å². The largest absolute Gasteiger partial charge is 0.363 e. The van der Waals surface area contributed by atoms with E-state index in [9.17, 15) is 9.59 Å². The number of anilines is 1. The van der Waals surface area contributed by atoms with Crippen molar-refractivity contribution >= 4 is 17.5 Å². The Kier molecular flexibility index (Phi) is 4.11. The van der Waals surface area contributed by atoms with Gasteiger partial charge in [0.1, 0.15) is 0 Å². The average molecular weight is 375 g/mol. The molecule has 5 heteroatoms. The number of carbonyl (C=O) groups is 2. The van der Waals surface area contributed by atoms with Crippen molar-refractivity contribution < 1.29 is 9.59 Å². The van der Waals surface area contributed by atoms with E-state index < -0.39 is 0 Å². The highest BCUT2D eigenvalue weighted by Gasteiger charge is 2.40. The van der Waals surface area contributed by atoms with Crippen LogP contribution in [0.5, 0.6) is 0 Å². The van der Waals surface area contributed by atoms with E-state index in [0.29, 0.717) is 18.7 Å². The fourth-order valence-electron chi connectivity index (χ4n) is 4.86. The van der Waals surface area contributed by atoms with Crippen LogP contribution in [0.2, 0.25) is 0 Å². The molecule has 0 N–H and O–H groups in total. The van der Waals surface area contributed by atoms with E-state index in [1.165, 1.54) is 11.1 Å². The molecule has 0 radical (unpaired) electrons. The van der Waals surface area contributed by atoms with E-state index in [1.807, 2.05) is 35.0 Å². The highest BCUT2D eigenvalue weighted by Crippen LogP contribution is 2.31. The van der Waals surface area contributed by atoms with Crippen LogP contribution in [0.15, 0.2) is 48.5 Å². The van der Waals surface area contributed by atoms with Crippen molar-refractivity contribution in [3.05, 3.63) is 65.2 Å². The van der Waals surface area contributed by atoms with E-state index in [0.717, 1.165) is 31.6 Å². The summed E-state index contributed by atoms with van der Waals surface area (Å²) in [7, 11) is 1.87. The molecule has 2 aromatic carbocycles. The fraction of sp³-hybridized carbons (Fsp3) is 0.391. The topological polar surface area (TPSA) is 43.9 Å². The minimum Gasteiger partial charge on any atom is -0.363 e. The first-order valence-electron chi connectivity index (χ1n) is 10.1. The van der Waals surface area contributed by atoms with Crippen LogP contribution in [0.4, 0.5) is 5.69 Å². The third-order valence-electron chi connectivity index (χ3n) is 6.55. The minimum absolute atomic E-state index is 0.0403. The molecule has 0 saturated carbocycles. The van der Waals surface area contributed by atoms with Crippen molar-refractivity contribution in [2.45, 2.75) is 32.0 Å². The van der Waals surface area contributed by atoms with Gasteiger partial charge in [0.05, 0.1) is 5.92 Å². The number of benzene rings is 2. The van der Waals surface area contributed by atoms with Crippen LogP contribution in [0, 0.1) is 5.92 Å². The highest BCUT2D eigenvalue weighted by atomic mass is 16.2. The van der Waals surface area contributed by atoms with Gasteiger partial charge in [-0.25, -0.2) is 0 Å². The molecule has 2 amide bonds. The molecule has 6 rings (SSSR count). The molecule has 4 aliphatic rings. The van der Waals surface area contributed by atoms with Gasteiger partial charge in [0.15, 0.2) is 0 Å². The molecule has 5 nitrogen and oxygen atoms in total. The van der Waals surface area contributed by atoms with Crippen molar-refractivity contribution in [2.75, 3.05) is 25.0 Å². The van der Waals surface area contributed by atoms with Crippen molar-refractivity contribution in [1.82, 2.24) is 9.80 Å². The zero-order valence-electron chi connectivity index (χ0n) is 16.2. The van der Waals surface area contributed by atoms with Crippen molar-refractivity contribution in [3.8, 4) is 0 Å². The fourth-order valence-corrected chi connectivity index (χ4v) is 4.86. The molecule has 2 bridgehead atoms. The molecular formula is C23H25N3O2. The van der Waals surface area contributed by atoms with Gasteiger partial charge in [0.2, 0.25) is 5.91 Å². The molecule has 28 heavy (non-hydrogen) atoms. The molecule has 0 spiro atoms. The summed E-state index contributed by atoms with van der Waals surface area (Å²) in [5.74, 6) is 0.178. The molecule has 0 unspecified atom stereocenters. The van der Waals surface area contributed by atoms with Crippen LogP contribution in [-0.2, 0) is 17.9 Å². The second-order valence-electron chi connectivity index (χ2n) is 8.26. The summed E-state index contributed by atoms with van der Waals surface area (Å²) in [6.07, 6.45) is 1.88. The number of fused-ring (bicyclic) bond motifs is 5. The maximum Gasteiger partial charge on any atom is 0.254 e. The second kappa shape index (κ2) is 6.66. The van der Waals surface area contributed by atoms with Gasteiger partial charge >= 0.3 is 0 Å². The van der Waals surface area contributed by atoms with Gasteiger partial charge < -0.3 is 14.7 Å². The van der Waals surface area contributed by atoms with E-state index in [4.69, 9.17) is 0 Å². The second-order valence-corrected chi connectivity index (χ2v) is 8.26. The van der Waals surface area contributed by atoms with Crippen molar-refractivity contribution in [1.29, 1.82) is 0 Å². The quantitative estimate of drug-likeness (QED) is 0.811. The van der Waals surface area contributed by atoms with Gasteiger partial charge in [-0.2, -0.15) is 0 Å². The zero-order valence-corrected chi connectivity index (χ0v) is 16.2. The number of piperidine rings is 1. The number of amides is 2. The lowest BCUT2D eigenvalue weighted by Crippen LogP contribution is -2.45. The molecular weight excluding hydrogens is 350 g/mol. The van der Waals surface area contributed by atoms with Gasteiger partial charge in [-0.05, 0) is 42.2 Å². The maximum atomic E-state index is 13.2. The highest BCUT2D eigenvalue weighted by molar-refractivity contribution is 5.96. The molecule has 2 aromatic rings. The summed E-state index contributed by atoms with van der Waals surface area (Å²) in [4.78, 5) is 31.7. The summed E-state index contributed by atoms with van der Waals surface area (Å²) >= 11 is 0. The van der Waals surface area contributed by atoms with E-state index in [-0.39, 0.29) is 23.8 Å². The third-order valence-corrected chi connectivity index (χ3v) is 6.55. The van der Waals surface area contributed by atoms with Gasteiger partial charge in [-0.3, -0.25) is 9.59 Å². The van der Waals surface area contributed by atoms with Crippen LogP contribution >= 0.6 is 0 Å². The number of hydrogen-bond acceptors (Lipinski definition) is 3. The first kappa shape index (κ1) is 17.3. The monoisotopic (exact) mass is 375 g/mol. The summed E-state index contributed by atoms with van der Waals surface area (Å²) in [5.41, 5.74) is 4.49. The lowest BCUT2D eigenvalue weighted by atomic mass is 9.95. The Morgan fingerprint density at radius 1 is 0.964 bits per heavy atom. The number of carbonyl (C=O) groups excluding carboxylic acids is 2. The van der Waals surface area contributed by atoms with Crippen LogP contribution in [0.3, 0.4) is 0 Å². The molecule has 0 aromatic heterocycles. The summed E-state index contributed by atoms with van der Waals surface area (Å²) in [6.45, 7) is 2.93. The molecule has 4 heterocycles. The molecule has 144 valence electrons. The molecule has 3 saturated heterocycles. The normalized spacial score (nSPS) is 23.8. The Hall–Kier alpha value is -2.82. The predicted octanol–water partition coefficient (Wildman–Crippen LogP) is 2.90. The lowest BCUT2D eigenvalue weighted by Gasteiger charge is -2.32. The van der Waals surface area contributed by atoms with E-state index in [2.05, 4.69) is 35.2 Å². The predicted molar refractivity (Wildman–Crippen MR) is 108 cm³/mol. The average Bonchev–Trinajstić information content (AvgIpc) is 2.98. The number of hydrogen-bond donors (Lipinski definition) is 0. The van der Waals surface area contributed by atoms with Crippen molar-refractivity contribution in [2.24, 2.45) is 5.92 Å². The van der Waals surface area contributed by atoms with Crippen molar-refractivity contribution in [3.63, 3.8) is 0 Å². The zero-order chi connectivity index (χ0) is 19.3. The van der Waals surface area contributed by atoms with Crippen LogP contribution in [-0.4, -0.2) is 47.8 Å². The first-order chi connectivity index (χ1) is 13.6. The summed E-state index contributed by atoms with van der Waals surface area (Å²) in [6, 6.07) is 16.6. The Morgan fingerprint density at radius 2 is 1.71 bits per heavy atom. The van der Waals surface area contributed by atoms with E-state index >= 15 is 0 Å². The van der Waals surface area contributed by atoms with Crippen LogP contribution < -0.4 is 4.90 Å². The van der Waals surface area contributed by atoms with Gasteiger partial charge in [-0.1, -0.05) is 30.3 Å². The number of nitrogens with zero attached hydrogens (tertiary/aromatic N) is 3. The number of likely N-dealkylation sites (N-methyl/N-ethyl adjacent to an activating group) is 1. The standard InChI is InChI=1S/C23H25N3O2/c1-24-21-10-9-19(22(24)27)14-26(15-21)23(28)16-7-4-8-20(11-16)25-12-17-5-2-3-6-18(17)13-25/h2-8,11,19,21H,9-10,12-15H2,1H3/t19-,21+/m0/s1. The minimum atomic E-state index is -0.0519. The Labute approximate surface area is 165 Å². The van der Waals surface area contributed by atoms with Crippen LogP contribution in [0.25, 0.3) is 0 Å². The smallest absolute Gasteiger partial charge is 0.254 e. The van der Waals surface area contributed by atoms with Gasteiger partial charge in [0.25, 0.3) is 5.91 Å². The van der Waals surface area contributed by atoms with Gasteiger partial charge in [-0.15, -0.1) is 0 Å². The Balaban J connectivity index is 1.37. The maximum absolute atomic E-state index is 13.2. The summed E-state index contributed by atoms with van der Waals surface area (Å²) < 4.78 is 0. The third kappa shape index (κ3) is 2.86. The Bertz CT molecular complexity index is 916. The lowest BCUT2D eigenvalue weighted by molar-refractivity contribution is -0.138.